The fraction of sp³-hybridized carbons (Fsp3) is 0.550. The van der Waals surface area contributed by atoms with Crippen molar-refractivity contribution in [3.8, 4) is 5.75 Å². The second-order valence-electron chi connectivity index (χ2n) is 7.73. The number of amides is 1. The summed E-state index contributed by atoms with van der Waals surface area (Å²) >= 11 is 0. The molecule has 3 atom stereocenters. The number of alkyl carbamates (subject to hydrolysis) is 1. The number of hydrogen-bond donors (Lipinski definition) is 4. The Hall–Kier alpha value is -2.88. The second kappa shape index (κ2) is 11.3. The van der Waals surface area contributed by atoms with Gasteiger partial charge in [0.1, 0.15) is 30.2 Å². The minimum Gasteiger partial charge on any atom is -0.485 e. The number of aliphatic carboxylic acids is 2. The Kier molecular flexibility index (Phi) is 9.51. The molecule has 0 aliphatic rings. The number of alkyl halides is 1. The highest BCUT2D eigenvalue weighted by atomic mass is 19.1. The summed E-state index contributed by atoms with van der Waals surface area (Å²) in [6.45, 7) is 3.51. The lowest BCUT2D eigenvalue weighted by Gasteiger charge is -2.23. The van der Waals surface area contributed by atoms with Crippen LogP contribution in [0.5, 0.6) is 5.75 Å². The number of carboxylic acid groups (broad SMARTS) is 2. The summed E-state index contributed by atoms with van der Waals surface area (Å²) in [4.78, 5) is 35.0. The first-order valence-corrected chi connectivity index (χ1v) is 9.32. The average molecular weight is 429 g/mol. The molecule has 1 rings (SSSR count). The molecule has 168 valence electrons. The van der Waals surface area contributed by atoms with Crippen molar-refractivity contribution in [2.45, 2.75) is 51.4 Å². The van der Waals surface area contributed by atoms with Crippen molar-refractivity contribution in [2.24, 2.45) is 5.92 Å². The number of carbonyl (C=O) groups excluding carboxylic acids is 1. The van der Waals surface area contributed by atoms with Crippen LogP contribution in [-0.4, -0.2) is 64.4 Å². The van der Waals surface area contributed by atoms with Gasteiger partial charge in [0, 0.05) is 0 Å². The van der Waals surface area contributed by atoms with Crippen molar-refractivity contribution in [3.63, 3.8) is 0 Å². The lowest BCUT2D eigenvalue weighted by atomic mass is 9.92. The number of carboxylic acids is 2. The highest BCUT2D eigenvalue weighted by molar-refractivity contribution is 5.81. The SMILES string of the molecule is CC(C)(C)OC(=O)N[C@@H](C[C@H](Cc1ccc(OC(CO)CF)cc1)C(=O)O)C(=O)O. The standard InChI is InChI=1S/C20H28FNO8/c1-20(2,3)30-19(28)22-16(18(26)27)9-13(17(24)25)8-12-4-6-14(7-5-12)29-15(10-21)11-23/h4-7,13,15-16,23H,8-11H2,1-3H3,(H,22,28)(H,24,25)(H,26,27)/t13-,15?,16-/m0/s1. The molecule has 4 N–H and O–H groups in total. The molecule has 0 fully saturated rings. The average Bonchev–Trinajstić information content (AvgIpc) is 2.64. The zero-order chi connectivity index (χ0) is 22.9. The molecule has 0 bridgehead atoms. The topological polar surface area (TPSA) is 142 Å². The van der Waals surface area contributed by atoms with E-state index in [-0.39, 0.29) is 12.8 Å². The van der Waals surface area contributed by atoms with Crippen LogP contribution in [0.15, 0.2) is 24.3 Å². The van der Waals surface area contributed by atoms with Gasteiger partial charge < -0.3 is 30.1 Å². The van der Waals surface area contributed by atoms with E-state index in [2.05, 4.69) is 5.32 Å². The molecule has 0 saturated carbocycles. The van der Waals surface area contributed by atoms with Gasteiger partial charge in [0.05, 0.1) is 12.5 Å². The molecule has 0 saturated heterocycles. The molecule has 0 aliphatic carbocycles. The minimum absolute atomic E-state index is 0.00192. The van der Waals surface area contributed by atoms with E-state index in [1.165, 1.54) is 12.1 Å². The highest BCUT2D eigenvalue weighted by Crippen LogP contribution is 2.20. The van der Waals surface area contributed by atoms with Gasteiger partial charge in [0.2, 0.25) is 0 Å². The van der Waals surface area contributed by atoms with E-state index in [4.69, 9.17) is 14.6 Å². The van der Waals surface area contributed by atoms with Crippen LogP contribution in [-0.2, 0) is 20.7 Å². The van der Waals surface area contributed by atoms with Gasteiger partial charge >= 0.3 is 18.0 Å². The Morgan fingerprint density at radius 3 is 2.13 bits per heavy atom. The second-order valence-corrected chi connectivity index (χ2v) is 7.73. The number of hydrogen-bond acceptors (Lipinski definition) is 6. The summed E-state index contributed by atoms with van der Waals surface area (Å²) in [7, 11) is 0. The number of benzene rings is 1. The minimum atomic E-state index is -1.45. The Bertz CT molecular complexity index is 713. The predicted octanol–water partition coefficient (Wildman–Crippen LogP) is 2.01. The number of aliphatic hydroxyl groups excluding tert-OH is 1. The maximum absolute atomic E-state index is 12.6. The molecule has 1 aromatic rings. The van der Waals surface area contributed by atoms with Crippen LogP contribution in [0, 0.1) is 5.92 Å². The summed E-state index contributed by atoms with van der Waals surface area (Å²) in [5, 5.41) is 30.0. The maximum atomic E-state index is 12.6. The first-order valence-electron chi connectivity index (χ1n) is 9.32. The Morgan fingerprint density at radius 1 is 1.10 bits per heavy atom. The van der Waals surface area contributed by atoms with Crippen molar-refractivity contribution < 1.29 is 43.6 Å². The van der Waals surface area contributed by atoms with Gasteiger partial charge in [0.15, 0.2) is 0 Å². The van der Waals surface area contributed by atoms with Gasteiger partial charge in [-0.15, -0.1) is 0 Å². The molecule has 9 nitrogen and oxygen atoms in total. The molecule has 1 amide bonds. The lowest BCUT2D eigenvalue weighted by molar-refractivity contribution is -0.144. The third-order valence-electron chi connectivity index (χ3n) is 3.94. The van der Waals surface area contributed by atoms with Crippen molar-refractivity contribution in [1.82, 2.24) is 5.32 Å². The van der Waals surface area contributed by atoms with Gasteiger partial charge in [-0.3, -0.25) is 4.79 Å². The zero-order valence-electron chi connectivity index (χ0n) is 17.1. The first kappa shape index (κ1) is 25.2. The molecule has 1 unspecified atom stereocenters. The van der Waals surface area contributed by atoms with Crippen molar-refractivity contribution >= 4 is 18.0 Å². The Balaban J connectivity index is 2.81. The van der Waals surface area contributed by atoms with Crippen LogP contribution in [0.3, 0.4) is 0 Å². The summed E-state index contributed by atoms with van der Waals surface area (Å²) in [5.41, 5.74) is -0.252. The van der Waals surface area contributed by atoms with Crippen molar-refractivity contribution in [2.75, 3.05) is 13.3 Å². The third-order valence-corrected chi connectivity index (χ3v) is 3.94. The fourth-order valence-corrected chi connectivity index (χ4v) is 2.53. The van der Waals surface area contributed by atoms with Crippen LogP contribution in [0.1, 0.15) is 32.8 Å². The summed E-state index contributed by atoms with van der Waals surface area (Å²) in [5.74, 6) is -3.39. The van der Waals surface area contributed by atoms with E-state index in [9.17, 15) is 29.0 Å². The summed E-state index contributed by atoms with van der Waals surface area (Å²) in [6, 6.07) is 4.68. The van der Waals surface area contributed by atoms with Gasteiger partial charge in [-0.25, -0.2) is 14.0 Å². The maximum Gasteiger partial charge on any atom is 0.408 e. The number of ether oxygens (including phenoxy) is 2. The van der Waals surface area contributed by atoms with Crippen LogP contribution >= 0.6 is 0 Å². The summed E-state index contributed by atoms with van der Waals surface area (Å²) < 4.78 is 22.9. The van der Waals surface area contributed by atoms with Gasteiger partial charge in [-0.1, -0.05) is 12.1 Å². The van der Waals surface area contributed by atoms with E-state index in [0.717, 1.165) is 0 Å². The molecule has 0 radical (unpaired) electrons. The molecule has 1 aromatic carbocycles. The third kappa shape index (κ3) is 9.08. The summed E-state index contributed by atoms with van der Waals surface area (Å²) in [6.07, 6.45) is -2.29. The monoisotopic (exact) mass is 429 g/mol. The fourth-order valence-electron chi connectivity index (χ4n) is 2.53. The molecule has 0 heterocycles. The van der Waals surface area contributed by atoms with E-state index in [1.54, 1.807) is 32.9 Å². The van der Waals surface area contributed by atoms with Crippen LogP contribution in [0.2, 0.25) is 0 Å². The van der Waals surface area contributed by atoms with Gasteiger partial charge in [0.25, 0.3) is 0 Å². The number of nitrogens with one attached hydrogen (secondary N) is 1. The number of aliphatic hydroxyl groups is 1. The molecule has 30 heavy (non-hydrogen) atoms. The normalized spacial score (nSPS) is 14.3. The van der Waals surface area contributed by atoms with Crippen LogP contribution < -0.4 is 10.1 Å². The molecule has 10 heteroatoms. The molecular weight excluding hydrogens is 401 g/mol. The van der Waals surface area contributed by atoms with Crippen molar-refractivity contribution in [1.29, 1.82) is 0 Å². The largest absolute Gasteiger partial charge is 0.485 e. The Labute approximate surface area is 173 Å². The number of halogens is 1. The van der Waals surface area contributed by atoms with Gasteiger partial charge in [-0.2, -0.15) is 0 Å². The lowest BCUT2D eigenvalue weighted by Crippen LogP contribution is -2.45. The van der Waals surface area contributed by atoms with Crippen molar-refractivity contribution in [3.05, 3.63) is 29.8 Å². The molecular formula is C20H28FNO8. The van der Waals surface area contributed by atoms with Crippen LogP contribution in [0.4, 0.5) is 9.18 Å². The van der Waals surface area contributed by atoms with E-state index in [0.29, 0.717) is 11.3 Å². The van der Waals surface area contributed by atoms with E-state index in [1.807, 2.05) is 0 Å². The van der Waals surface area contributed by atoms with Gasteiger partial charge in [-0.05, 0) is 51.3 Å². The zero-order valence-corrected chi connectivity index (χ0v) is 17.1. The van der Waals surface area contributed by atoms with E-state index < -0.39 is 55.0 Å². The highest BCUT2D eigenvalue weighted by Gasteiger charge is 2.30. The molecule has 0 aromatic heterocycles. The Morgan fingerprint density at radius 2 is 1.70 bits per heavy atom. The number of rotatable bonds is 11. The smallest absolute Gasteiger partial charge is 0.408 e. The quantitative estimate of drug-likeness (QED) is 0.418. The first-order chi connectivity index (χ1) is 13.9. The molecule has 0 aliphatic heterocycles. The van der Waals surface area contributed by atoms with Crippen LogP contribution in [0.25, 0.3) is 0 Å². The van der Waals surface area contributed by atoms with E-state index >= 15 is 0 Å². The predicted molar refractivity (Wildman–Crippen MR) is 104 cm³/mol. The molecule has 0 spiro atoms. The number of carbonyl (C=O) groups is 3.